The van der Waals surface area contributed by atoms with E-state index in [0.29, 0.717) is 46.0 Å². The van der Waals surface area contributed by atoms with Crippen LogP contribution in [0.15, 0.2) is 60.8 Å². The van der Waals surface area contributed by atoms with E-state index in [0.717, 1.165) is 65.3 Å². The van der Waals surface area contributed by atoms with E-state index >= 15 is 4.79 Å². The van der Waals surface area contributed by atoms with E-state index in [1.165, 1.54) is 24.9 Å². The molecule has 4 aliphatic heterocycles. The number of hydrogen-bond acceptors (Lipinski definition) is 12. The fourth-order valence-electron chi connectivity index (χ4n) is 12.2. The van der Waals surface area contributed by atoms with Crippen LogP contribution in [-0.4, -0.2) is 105 Å². The number of phenolic OH excluding ortho intramolecular Hbond substituents is 1. The van der Waals surface area contributed by atoms with Crippen LogP contribution < -0.4 is 14.8 Å². The van der Waals surface area contributed by atoms with Crippen LogP contribution in [0.1, 0.15) is 117 Å². The summed E-state index contributed by atoms with van der Waals surface area (Å²) in [6.45, 7) is -0.658. The molecule has 7 aliphatic rings. The first kappa shape index (κ1) is 44.1. The Morgan fingerprint density at radius 2 is 1.86 bits per heavy atom. The highest BCUT2D eigenvalue weighted by atomic mass is 16.7. The number of amides is 1. The van der Waals surface area contributed by atoms with Gasteiger partial charge in [-0.2, -0.15) is 0 Å². The molecule has 0 unspecified atom stereocenters. The number of methoxy groups -OCH3 is 1. The average Bonchev–Trinajstić information content (AvgIpc) is 4.19. The molecule has 5 aromatic rings. The highest BCUT2D eigenvalue weighted by Crippen LogP contribution is 2.55. The smallest absolute Gasteiger partial charge is 0.254 e. The van der Waals surface area contributed by atoms with Crippen molar-refractivity contribution in [3.8, 4) is 29.3 Å². The van der Waals surface area contributed by atoms with Gasteiger partial charge in [-0.3, -0.25) is 9.59 Å². The number of aromatic amines is 1. The molecule has 6 N–H and O–H groups in total. The number of phenols is 1. The number of nitrogens with one attached hydrogen (secondary N) is 2. The number of ether oxygens (including phenoxy) is 5. The predicted molar refractivity (Wildman–Crippen MR) is 256 cm³/mol. The van der Waals surface area contributed by atoms with Gasteiger partial charge in [-0.15, -0.1) is 0 Å². The van der Waals surface area contributed by atoms with Crippen molar-refractivity contribution < 1.29 is 53.7 Å². The van der Waals surface area contributed by atoms with E-state index in [-0.39, 0.29) is 66.3 Å². The third-order valence-electron chi connectivity index (χ3n) is 15.8. The number of Topliss-reactive ketones (excluding diaryl/α,β-unsaturated/α-hetero) is 1. The van der Waals surface area contributed by atoms with Gasteiger partial charge in [0.05, 0.1) is 43.4 Å². The molecular weight excluding hydrogens is 879 g/mol. The third kappa shape index (κ3) is 7.24. The molecule has 0 spiro atoms. The highest BCUT2D eigenvalue weighted by Gasteiger charge is 2.59. The average molecular weight is 934 g/mol. The summed E-state index contributed by atoms with van der Waals surface area (Å²) in [5.74, 6) is 2.28. The third-order valence-corrected chi connectivity index (χ3v) is 15.8. The molecule has 2 saturated carbocycles. The van der Waals surface area contributed by atoms with Gasteiger partial charge in [0.25, 0.3) is 5.91 Å². The molecule has 356 valence electrons. The molecule has 1 amide bonds. The lowest BCUT2D eigenvalue weighted by Crippen LogP contribution is -2.70. The van der Waals surface area contributed by atoms with Gasteiger partial charge >= 0.3 is 0 Å². The summed E-state index contributed by atoms with van der Waals surface area (Å²) in [4.78, 5) is 34.1. The number of benzene rings is 4. The highest BCUT2D eigenvalue weighted by molar-refractivity contribution is 6.14. The van der Waals surface area contributed by atoms with Crippen LogP contribution in [0.4, 0.5) is 0 Å². The van der Waals surface area contributed by atoms with Gasteiger partial charge < -0.3 is 59.3 Å². The molecular formula is C55H55N3O11. The number of aliphatic hydroxyl groups excluding tert-OH is 2. The molecule has 1 saturated heterocycles. The Kier molecular flexibility index (Phi) is 11.1. The lowest BCUT2D eigenvalue weighted by Gasteiger charge is -2.47. The van der Waals surface area contributed by atoms with Crippen LogP contribution in [0.2, 0.25) is 0 Å². The summed E-state index contributed by atoms with van der Waals surface area (Å²) in [7, 11) is 1.53. The second-order valence-corrected chi connectivity index (χ2v) is 19.7. The van der Waals surface area contributed by atoms with Crippen LogP contribution >= 0.6 is 0 Å². The van der Waals surface area contributed by atoms with Crippen molar-refractivity contribution in [3.05, 3.63) is 111 Å². The number of aromatic nitrogens is 1. The number of nitrogens with zero attached hydrogens (tertiary/aromatic N) is 1. The molecule has 8 atom stereocenters. The van der Waals surface area contributed by atoms with E-state index in [9.17, 15) is 25.2 Å². The number of aliphatic hydroxyl groups is 3. The predicted octanol–water partition coefficient (Wildman–Crippen LogP) is 6.69. The minimum absolute atomic E-state index is 0.0241. The van der Waals surface area contributed by atoms with Crippen LogP contribution in [0.5, 0.6) is 17.2 Å². The second kappa shape index (κ2) is 17.3. The fraction of sp³-hybridized carbons (Fsp3) is 0.418. The molecule has 0 radical (unpaired) electrons. The first-order chi connectivity index (χ1) is 33.6. The summed E-state index contributed by atoms with van der Waals surface area (Å²) in [5.41, 5.74) is 4.10. The zero-order valence-electron chi connectivity index (χ0n) is 38.3. The summed E-state index contributed by atoms with van der Waals surface area (Å²) in [5, 5.41) is 54.2. The number of carbonyl (C=O) groups excluding carboxylic acids is 2. The Balaban J connectivity index is 1.08. The number of ketones is 1. The lowest BCUT2D eigenvalue weighted by molar-refractivity contribution is -0.328. The maximum Gasteiger partial charge on any atom is 0.254 e. The van der Waals surface area contributed by atoms with Crippen molar-refractivity contribution in [3.63, 3.8) is 0 Å². The maximum atomic E-state index is 15.2. The summed E-state index contributed by atoms with van der Waals surface area (Å²) >= 11 is 0. The number of aromatic hydroxyl groups is 1. The van der Waals surface area contributed by atoms with E-state index in [1.54, 1.807) is 18.2 Å². The Morgan fingerprint density at radius 3 is 2.70 bits per heavy atom. The van der Waals surface area contributed by atoms with Crippen molar-refractivity contribution in [1.82, 2.24) is 15.2 Å². The molecule has 14 nitrogen and oxygen atoms in total. The number of allylic oxidation sites excluding steroid dienone is 1. The van der Waals surface area contributed by atoms with Gasteiger partial charge in [0, 0.05) is 59.2 Å². The Hall–Kier alpha value is -6.18. The van der Waals surface area contributed by atoms with Crippen LogP contribution in [0.25, 0.3) is 33.8 Å². The lowest BCUT2D eigenvalue weighted by atomic mass is 9.75. The standard InChI is InChI=1S/C55H55N3O11/c1-65-44-22-38-34-16-15-31-8-4-12-33(31)46(34)48-42(60)26-58-25-40-30(7-5-13-35(40)53(58)63)9-6-20-66-52-49(61)45-27-67-43(19-17-36(44)51(47(38)50(48)62)69-54(68-45)55(52,64)28-59)39-24-57-41-18-14-29(21-37(39)41)23-56-32-10-2-3-11-32/h5,7,13-19,21-22,24,31-33,43,45,49,52,54,56-57,59,61-62,64H,2-4,8-12,23,25-28H2,1H3/b19-17+/t31-,33-,43-,45-,49-,52+,54-,55-/m1/s1. The Labute approximate surface area is 398 Å². The van der Waals surface area contributed by atoms with Crippen LogP contribution in [0, 0.1) is 17.9 Å². The Morgan fingerprint density at radius 1 is 1.00 bits per heavy atom. The van der Waals surface area contributed by atoms with Crippen molar-refractivity contribution in [2.24, 2.45) is 5.92 Å². The van der Waals surface area contributed by atoms with Gasteiger partial charge in [-0.05, 0) is 95.7 Å². The van der Waals surface area contributed by atoms with Gasteiger partial charge in [0.2, 0.25) is 6.29 Å². The summed E-state index contributed by atoms with van der Waals surface area (Å²) in [6, 6.07) is 14.0. The minimum Gasteiger partial charge on any atom is -0.506 e. The van der Waals surface area contributed by atoms with Gasteiger partial charge in [-0.1, -0.05) is 61.6 Å². The van der Waals surface area contributed by atoms with Gasteiger partial charge in [-0.25, -0.2) is 0 Å². The molecule has 69 heavy (non-hydrogen) atoms. The summed E-state index contributed by atoms with van der Waals surface area (Å²) < 4.78 is 32.4. The molecule has 1 aromatic heterocycles. The zero-order valence-corrected chi connectivity index (χ0v) is 38.3. The van der Waals surface area contributed by atoms with Crippen molar-refractivity contribution in [1.29, 1.82) is 0 Å². The van der Waals surface area contributed by atoms with E-state index < -0.39 is 48.7 Å². The first-order valence-electron chi connectivity index (χ1n) is 24.3. The number of H-pyrrole nitrogens is 1. The molecule has 5 heterocycles. The van der Waals surface area contributed by atoms with E-state index in [4.69, 9.17) is 23.7 Å². The molecule has 3 fully saturated rings. The fourth-order valence-corrected chi connectivity index (χ4v) is 12.2. The molecule has 3 aliphatic carbocycles. The molecule has 4 aromatic carbocycles. The first-order valence-corrected chi connectivity index (χ1v) is 24.3. The SMILES string of the molecule is COc1cc2c3c(c4c(O)c2c2c1/C=C/[C@H](c1c[nH]c5ccc(CNC6CCCC6)cc15)OC[C@H]1O[C@H](O2)[C@@](O)(CO)[C@@H](OC#CCc2cccc5c2CN(CC4=O)C5=O)[C@@H]1O)[C@@H]1CCC[C@@H]1C=C3. The number of rotatable bonds is 6. The van der Waals surface area contributed by atoms with Crippen molar-refractivity contribution in [2.75, 3.05) is 26.9 Å². The van der Waals surface area contributed by atoms with Crippen molar-refractivity contribution in [2.45, 2.75) is 113 Å². The number of fused-ring (bicyclic) bond motifs is 10. The number of carbonyl (C=O) groups is 2. The normalized spacial score (nSPS) is 28.8. The topological polar surface area (TPSA) is 192 Å². The quantitative estimate of drug-likeness (QED) is 0.0991. The minimum atomic E-state index is -2.46. The van der Waals surface area contributed by atoms with Gasteiger partial charge in [0.15, 0.2) is 17.5 Å². The van der Waals surface area contributed by atoms with Crippen LogP contribution in [0.3, 0.4) is 0 Å². The molecule has 12 rings (SSSR count). The zero-order chi connectivity index (χ0) is 47.1. The largest absolute Gasteiger partial charge is 0.506 e. The van der Waals surface area contributed by atoms with Gasteiger partial charge in [0.1, 0.15) is 41.7 Å². The summed E-state index contributed by atoms with van der Waals surface area (Å²) in [6.07, 6.45) is 12.9. The monoisotopic (exact) mass is 933 g/mol. The Bertz CT molecular complexity index is 3050. The van der Waals surface area contributed by atoms with Crippen molar-refractivity contribution >= 4 is 45.5 Å². The van der Waals surface area contributed by atoms with E-state index in [1.807, 2.05) is 30.5 Å². The molecule has 8 bridgehead atoms. The molecule has 14 heteroatoms. The maximum absolute atomic E-state index is 15.2. The van der Waals surface area contributed by atoms with E-state index in [2.05, 4.69) is 46.6 Å². The van der Waals surface area contributed by atoms with Crippen LogP contribution in [-0.2, 0) is 33.7 Å². The second-order valence-electron chi connectivity index (χ2n) is 19.7. The number of hydrogen-bond donors (Lipinski definition) is 6.